The maximum absolute atomic E-state index is 8.97. The molecule has 6 nitrogen and oxygen atoms in total. The topological polar surface area (TPSA) is 48.8 Å². The zero-order valence-corrected chi connectivity index (χ0v) is 33.6. The predicted molar refractivity (Wildman–Crippen MR) is 227 cm³/mol. The van der Waals surface area contributed by atoms with Gasteiger partial charge < -0.3 is 13.9 Å². The van der Waals surface area contributed by atoms with Crippen molar-refractivity contribution in [3.63, 3.8) is 0 Å². The average Bonchev–Trinajstić information content (AvgIpc) is 3.87. The molecule has 4 aromatic heterocycles. The minimum Gasteiger partial charge on any atom is -0.510 e. The molecule has 4 heterocycles. The van der Waals surface area contributed by atoms with Crippen LogP contribution in [0.25, 0.3) is 72.3 Å². The first-order chi connectivity index (χ1) is 32.0. The molecule has 0 radical (unpaired) electrons. The zero-order chi connectivity index (χ0) is 47.2. The molecule has 0 N–H and O–H groups in total. The normalized spacial score (nSPS) is 14.0. The van der Waals surface area contributed by atoms with Crippen LogP contribution in [0.4, 0.5) is 0 Å². The number of fused-ring (bicyclic) bond motifs is 4. The van der Waals surface area contributed by atoms with E-state index < -0.39 is 60.4 Å². The number of pyridine rings is 2. The molecule has 0 unspecified atom stereocenters. The largest absolute Gasteiger partial charge is 0.510 e. The Morgan fingerprint density at radius 2 is 1.40 bits per heavy atom. The average molecular weight is 941 g/mol. The Labute approximate surface area is 366 Å². The summed E-state index contributed by atoms with van der Waals surface area (Å²) in [5.74, 6) is 1.51. The van der Waals surface area contributed by atoms with Gasteiger partial charge in [-0.3, -0.25) is 9.55 Å². The van der Waals surface area contributed by atoms with E-state index in [-0.39, 0.29) is 54.4 Å². The molecule has 0 aliphatic carbocycles. The monoisotopic (exact) mass is 940 g/mol. The number of benzene rings is 6. The molecular weight excluding hydrogens is 894 g/mol. The Kier molecular flexibility index (Phi) is 7.02. The summed E-state index contributed by atoms with van der Waals surface area (Å²) in [6.07, 6.45) is 8.33. The van der Waals surface area contributed by atoms with Crippen molar-refractivity contribution < 1.29 is 44.1 Å². The second kappa shape index (κ2) is 15.0. The van der Waals surface area contributed by atoms with Crippen molar-refractivity contribution in [2.75, 3.05) is 0 Å². The van der Waals surface area contributed by atoms with Gasteiger partial charge in [0.05, 0.1) is 30.4 Å². The van der Waals surface area contributed by atoms with Crippen molar-refractivity contribution in [2.24, 2.45) is 0 Å². The van der Waals surface area contributed by atoms with Crippen LogP contribution in [0.3, 0.4) is 0 Å². The number of rotatable bonds is 7. The molecule has 58 heavy (non-hydrogen) atoms. The van der Waals surface area contributed by atoms with Gasteiger partial charge in [-0.05, 0) is 68.6 Å². The van der Waals surface area contributed by atoms with Crippen LogP contribution in [-0.4, -0.2) is 19.1 Å². The van der Waals surface area contributed by atoms with E-state index in [4.69, 9.17) is 23.4 Å². The Bertz CT molecular complexity index is 3550. The molecule has 0 amide bonds. The first-order valence-corrected chi connectivity index (χ1v) is 18.3. The Morgan fingerprint density at radius 3 is 2.14 bits per heavy atom. The molecule has 0 fully saturated rings. The standard InChI is InChI=1S/C51H37N5O.Pt/c1-51(2,3)37-26-29-53-49(30-37)56-45-23-11-10-20-43(45)44-25-24-40(32-47(44)56)57-39-19-12-18-38(31-39)54-34-55(46-27-28-52-33-48(46)54)50-41(35-14-6-4-7-15-35)21-13-22-42(50)36-16-8-5-9-17-36;/h4-30,33H,1-3H3;/q-2;/i4D,5D,6D,7D,8D,9D,14D,15D,16D,17D;. The van der Waals surface area contributed by atoms with Gasteiger partial charge in [0.2, 0.25) is 0 Å². The molecule has 284 valence electrons. The molecule has 0 aliphatic rings. The number of ether oxygens (including phenoxy) is 1. The van der Waals surface area contributed by atoms with Gasteiger partial charge in [-0.1, -0.05) is 123 Å². The van der Waals surface area contributed by atoms with Gasteiger partial charge in [-0.25, -0.2) is 4.98 Å². The fourth-order valence-electron chi connectivity index (χ4n) is 7.18. The van der Waals surface area contributed by atoms with Crippen LogP contribution in [0.15, 0.2) is 170 Å². The van der Waals surface area contributed by atoms with Crippen LogP contribution in [0.1, 0.15) is 40.0 Å². The number of para-hydroxylation sites is 2. The van der Waals surface area contributed by atoms with E-state index in [0.717, 1.165) is 33.2 Å². The van der Waals surface area contributed by atoms with Crippen molar-refractivity contribution in [1.82, 2.24) is 19.1 Å². The Hall–Kier alpha value is -6.62. The molecule has 10 rings (SSSR count). The van der Waals surface area contributed by atoms with Crippen molar-refractivity contribution >= 4 is 32.8 Å². The molecule has 10 aromatic rings. The van der Waals surface area contributed by atoms with Gasteiger partial charge in [0, 0.05) is 56.7 Å². The van der Waals surface area contributed by atoms with Gasteiger partial charge in [-0.15, -0.1) is 29.7 Å². The van der Waals surface area contributed by atoms with E-state index in [1.54, 1.807) is 64.0 Å². The van der Waals surface area contributed by atoms with Gasteiger partial charge in [0.15, 0.2) is 0 Å². The molecule has 0 saturated carbocycles. The van der Waals surface area contributed by atoms with Crippen molar-refractivity contribution in [3.8, 4) is 50.9 Å². The van der Waals surface area contributed by atoms with Crippen LogP contribution in [0.5, 0.6) is 11.5 Å². The Morgan fingerprint density at radius 1 is 0.690 bits per heavy atom. The van der Waals surface area contributed by atoms with Crippen molar-refractivity contribution in [3.05, 3.63) is 194 Å². The fraction of sp³-hybridized carbons (Fsp3) is 0.0784. The van der Waals surface area contributed by atoms with Gasteiger partial charge in [0.25, 0.3) is 6.33 Å². The Balaban J connectivity index is 0.00000578. The third kappa shape index (κ3) is 6.59. The first-order valence-electron chi connectivity index (χ1n) is 23.3. The smallest absolute Gasteiger partial charge is 0.268 e. The molecule has 6 aromatic carbocycles. The molecule has 0 atom stereocenters. The minimum absolute atomic E-state index is 0. The molecule has 0 saturated heterocycles. The van der Waals surface area contributed by atoms with E-state index in [1.807, 2.05) is 36.5 Å². The summed E-state index contributed by atoms with van der Waals surface area (Å²) in [7, 11) is 0. The molecule has 7 heteroatoms. The van der Waals surface area contributed by atoms with E-state index in [2.05, 4.69) is 67.0 Å². The summed E-state index contributed by atoms with van der Waals surface area (Å²) in [6.45, 7) is 6.49. The molecular formula is C51H37N5OPt-2. The third-order valence-corrected chi connectivity index (χ3v) is 9.87. The molecule has 0 bridgehead atoms. The van der Waals surface area contributed by atoms with Crippen LogP contribution < -0.4 is 9.30 Å². The first kappa shape index (κ1) is 27.1. The molecule has 0 spiro atoms. The van der Waals surface area contributed by atoms with Gasteiger partial charge in [0.1, 0.15) is 5.82 Å². The summed E-state index contributed by atoms with van der Waals surface area (Å²) < 4.78 is 98.4. The van der Waals surface area contributed by atoms with Crippen molar-refractivity contribution in [2.45, 2.75) is 26.2 Å². The van der Waals surface area contributed by atoms with E-state index in [0.29, 0.717) is 28.2 Å². The number of hydrogen-bond donors (Lipinski definition) is 0. The van der Waals surface area contributed by atoms with Crippen LogP contribution in [-0.2, 0) is 26.5 Å². The fourth-order valence-corrected chi connectivity index (χ4v) is 7.18. The summed E-state index contributed by atoms with van der Waals surface area (Å²) in [6, 6.07) is 29.3. The summed E-state index contributed by atoms with van der Waals surface area (Å²) in [5.41, 5.74) is 4.29. The SMILES string of the molecule is [2H]c1c([2H])c([2H])c(-c2cccc(-c3c([2H])c([2H])c([2H])c([2H])c3[2H])c2-[n+]2[c-]n(-c3[c-]c(Oc4[c-]c5c(cc4)c4ccccc4n5-c4cc(C(C)(C)C)ccn4)ccc3)c3cnccc32)c([2H])c1[2H].[Pt]. The maximum atomic E-state index is 8.97. The van der Waals surface area contributed by atoms with Gasteiger partial charge >= 0.3 is 0 Å². The quantitative estimate of drug-likeness (QED) is 0.118. The van der Waals surface area contributed by atoms with Crippen LogP contribution in [0.2, 0.25) is 0 Å². The van der Waals surface area contributed by atoms with E-state index in [1.165, 1.54) is 0 Å². The molecule has 0 aliphatic heterocycles. The van der Waals surface area contributed by atoms with Crippen molar-refractivity contribution in [1.29, 1.82) is 0 Å². The summed E-state index contributed by atoms with van der Waals surface area (Å²) in [5, 5.41) is 2.01. The van der Waals surface area contributed by atoms with Crippen LogP contribution in [0, 0.1) is 18.5 Å². The second-order valence-corrected chi connectivity index (χ2v) is 14.4. The second-order valence-electron chi connectivity index (χ2n) is 14.4. The number of hydrogen-bond acceptors (Lipinski definition) is 3. The zero-order valence-electron chi connectivity index (χ0n) is 41.4. The third-order valence-electron chi connectivity index (χ3n) is 9.87. The van der Waals surface area contributed by atoms with E-state index in [9.17, 15) is 0 Å². The minimum atomic E-state index is -0.579. The van der Waals surface area contributed by atoms with Gasteiger partial charge in [-0.2, -0.15) is 18.2 Å². The number of aromatic nitrogens is 5. The maximum Gasteiger partial charge on any atom is 0.268 e. The summed E-state index contributed by atoms with van der Waals surface area (Å²) in [4.78, 5) is 9.19. The number of nitrogens with zero attached hydrogens (tertiary/aromatic N) is 5. The predicted octanol–water partition coefficient (Wildman–Crippen LogP) is 11.6. The van der Waals surface area contributed by atoms with E-state index >= 15 is 0 Å². The van der Waals surface area contributed by atoms with Crippen LogP contribution >= 0.6 is 0 Å². The number of imidazole rings is 1. The summed E-state index contributed by atoms with van der Waals surface area (Å²) >= 11 is 0.